The van der Waals surface area contributed by atoms with Gasteiger partial charge in [0.1, 0.15) is 5.69 Å². The molecule has 0 atom stereocenters. The SMILES string of the molecule is O=CN1CCc2c(nnn2-c2cccc(F)n2)C1. The zero-order valence-electron chi connectivity index (χ0n) is 9.45. The van der Waals surface area contributed by atoms with Crippen LogP contribution in [-0.2, 0) is 17.8 Å². The van der Waals surface area contributed by atoms with Crippen LogP contribution in [-0.4, -0.2) is 37.8 Å². The van der Waals surface area contributed by atoms with E-state index in [-0.39, 0.29) is 0 Å². The van der Waals surface area contributed by atoms with Crippen molar-refractivity contribution in [2.24, 2.45) is 0 Å². The molecular weight excluding hydrogens is 237 g/mol. The summed E-state index contributed by atoms with van der Waals surface area (Å²) in [5.41, 5.74) is 1.62. The van der Waals surface area contributed by atoms with Crippen LogP contribution in [0.25, 0.3) is 5.82 Å². The van der Waals surface area contributed by atoms with E-state index in [0.29, 0.717) is 25.3 Å². The molecule has 0 spiro atoms. The first-order valence-corrected chi connectivity index (χ1v) is 5.53. The van der Waals surface area contributed by atoms with Crippen molar-refractivity contribution in [3.63, 3.8) is 0 Å². The molecule has 0 saturated heterocycles. The van der Waals surface area contributed by atoms with Crippen LogP contribution in [0, 0.1) is 5.95 Å². The second-order valence-corrected chi connectivity index (χ2v) is 4.04. The summed E-state index contributed by atoms with van der Waals surface area (Å²) >= 11 is 0. The van der Waals surface area contributed by atoms with Gasteiger partial charge in [-0.15, -0.1) is 5.10 Å². The van der Waals surface area contributed by atoms with Gasteiger partial charge in [0.25, 0.3) is 0 Å². The van der Waals surface area contributed by atoms with Crippen LogP contribution >= 0.6 is 0 Å². The molecule has 0 aliphatic carbocycles. The summed E-state index contributed by atoms with van der Waals surface area (Å²) in [6.07, 6.45) is 1.43. The number of carbonyl (C=O) groups is 1. The molecule has 3 heterocycles. The first-order chi connectivity index (χ1) is 8.78. The Morgan fingerprint density at radius 2 is 2.28 bits per heavy atom. The van der Waals surface area contributed by atoms with E-state index in [2.05, 4.69) is 15.3 Å². The van der Waals surface area contributed by atoms with E-state index in [9.17, 15) is 9.18 Å². The number of pyridine rings is 1. The van der Waals surface area contributed by atoms with E-state index < -0.39 is 5.95 Å². The van der Waals surface area contributed by atoms with Gasteiger partial charge in [-0.25, -0.2) is 4.98 Å². The van der Waals surface area contributed by atoms with Gasteiger partial charge in [0.05, 0.1) is 12.2 Å². The molecule has 2 aromatic heterocycles. The molecule has 7 heteroatoms. The van der Waals surface area contributed by atoms with E-state index in [1.54, 1.807) is 17.0 Å². The van der Waals surface area contributed by atoms with Crippen molar-refractivity contribution in [3.8, 4) is 5.82 Å². The number of carbonyl (C=O) groups excluding carboxylic acids is 1. The van der Waals surface area contributed by atoms with Crippen LogP contribution < -0.4 is 0 Å². The number of fused-ring (bicyclic) bond motifs is 1. The molecule has 0 fully saturated rings. The third kappa shape index (κ3) is 1.73. The highest BCUT2D eigenvalue weighted by molar-refractivity contribution is 5.48. The van der Waals surface area contributed by atoms with E-state index >= 15 is 0 Å². The Bertz CT molecular complexity index is 597. The fourth-order valence-electron chi connectivity index (χ4n) is 2.02. The van der Waals surface area contributed by atoms with Gasteiger partial charge in [-0.2, -0.15) is 9.07 Å². The second kappa shape index (κ2) is 4.17. The molecule has 0 unspecified atom stereocenters. The van der Waals surface area contributed by atoms with Gasteiger partial charge < -0.3 is 4.90 Å². The van der Waals surface area contributed by atoms with Gasteiger partial charge in [-0.05, 0) is 12.1 Å². The van der Waals surface area contributed by atoms with Crippen molar-refractivity contribution >= 4 is 6.41 Å². The lowest BCUT2D eigenvalue weighted by atomic mass is 10.1. The Labute approximate surface area is 102 Å². The van der Waals surface area contributed by atoms with Gasteiger partial charge in [0.15, 0.2) is 5.82 Å². The molecule has 6 nitrogen and oxygen atoms in total. The zero-order chi connectivity index (χ0) is 12.5. The summed E-state index contributed by atoms with van der Waals surface area (Å²) in [5, 5.41) is 7.98. The highest BCUT2D eigenvalue weighted by atomic mass is 19.1. The minimum atomic E-state index is -0.554. The fourth-order valence-corrected chi connectivity index (χ4v) is 2.02. The number of nitrogens with zero attached hydrogens (tertiary/aromatic N) is 5. The van der Waals surface area contributed by atoms with Crippen molar-refractivity contribution in [1.29, 1.82) is 0 Å². The number of amides is 1. The van der Waals surface area contributed by atoms with E-state index in [0.717, 1.165) is 17.8 Å². The second-order valence-electron chi connectivity index (χ2n) is 4.04. The average molecular weight is 247 g/mol. The Balaban J connectivity index is 2.01. The molecule has 3 rings (SSSR count). The third-order valence-electron chi connectivity index (χ3n) is 2.90. The molecular formula is C11H10FN5O. The van der Waals surface area contributed by atoms with E-state index in [4.69, 9.17) is 0 Å². The Morgan fingerprint density at radius 3 is 3.06 bits per heavy atom. The molecule has 0 N–H and O–H groups in total. The average Bonchev–Trinajstić information content (AvgIpc) is 2.81. The maximum Gasteiger partial charge on any atom is 0.214 e. The maximum absolute atomic E-state index is 13.1. The number of halogens is 1. The molecule has 1 aliphatic rings. The van der Waals surface area contributed by atoms with Crippen molar-refractivity contribution < 1.29 is 9.18 Å². The normalized spacial score (nSPS) is 14.4. The number of aromatic nitrogens is 4. The van der Waals surface area contributed by atoms with E-state index in [1.807, 2.05) is 0 Å². The fraction of sp³-hybridized carbons (Fsp3) is 0.273. The highest BCUT2D eigenvalue weighted by Gasteiger charge is 2.22. The number of hydrogen-bond donors (Lipinski definition) is 0. The van der Waals surface area contributed by atoms with Crippen molar-refractivity contribution in [2.45, 2.75) is 13.0 Å². The van der Waals surface area contributed by atoms with Crippen molar-refractivity contribution in [1.82, 2.24) is 24.9 Å². The summed E-state index contributed by atoms with van der Waals surface area (Å²) in [5.74, 6) is -0.148. The standard InChI is InChI=1S/C11H10FN5O/c12-10-2-1-3-11(13-10)17-9-4-5-16(7-18)6-8(9)14-15-17/h1-3,7H,4-6H2. The molecule has 1 aliphatic heterocycles. The molecule has 18 heavy (non-hydrogen) atoms. The Morgan fingerprint density at radius 1 is 1.39 bits per heavy atom. The summed E-state index contributed by atoms with van der Waals surface area (Å²) < 4.78 is 14.6. The lowest BCUT2D eigenvalue weighted by Gasteiger charge is -2.21. The van der Waals surface area contributed by atoms with Crippen LogP contribution in [0.4, 0.5) is 4.39 Å². The lowest BCUT2D eigenvalue weighted by molar-refractivity contribution is -0.119. The summed E-state index contributed by atoms with van der Waals surface area (Å²) in [6, 6.07) is 4.53. The predicted octanol–water partition coefficient (Wildman–Crippen LogP) is 0.316. The monoisotopic (exact) mass is 247 g/mol. The van der Waals surface area contributed by atoms with Gasteiger partial charge >= 0.3 is 0 Å². The Kier molecular flexibility index (Phi) is 2.51. The lowest BCUT2D eigenvalue weighted by Crippen LogP contribution is -2.30. The molecule has 2 aromatic rings. The molecule has 0 aromatic carbocycles. The van der Waals surface area contributed by atoms with Crippen molar-refractivity contribution in [2.75, 3.05) is 6.54 Å². The molecule has 0 saturated carbocycles. The number of hydrogen-bond acceptors (Lipinski definition) is 4. The minimum Gasteiger partial charge on any atom is -0.339 e. The van der Waals surface area contributed by atoms with Gasteiger partial charge in [-0.1, -0.05) is 11.3 Å². The molecule has 0 bridgehead atoms. The first kappa shape index (κ1) is 10.8. The first-order valence-electron chi connectivity index (χ1n) is 5.53. The van der Waals surface area contributed by atoms with Gasteiger partial charge in [0, 0.05) is 13.0 Å². The van der Waals surface area contributed by atoms with Crippen LogP contribution in [0.15, 0.2) is 18.2 Å². The summed E-state index contributed by atoms with van der Waals surface area (Å²) in [4.78, 5) is 16.1. The quantitative estimate of drug-likeness (QED) is 0.566. The summed E-state index contributed by atoms with van der Waals surface area (Å²) in [7, 11) is 0. The number of rotatable bonds is 2. The van der Waals surface area contributed by atoms with Crippen LogP contribution in [0.2, 0.25) is 0 Å². The van der Waals surface area contributed by atoms with Crippen LogP contribution in [0.5, 0.6) is 0 Å². The Hall–Kier alpha value is -2.31. The van der Waals surface area contributed by atoms with E-state index in [1.165, 1.54) is 10.7 Å². The zero-order valence-corrected chi connectivity index (χ0v) is 9.45. The molecule has 92 valence electrons. The van der Waals surface area contributed by atoms with Gasteiger partial charge in [0.2, 0.25) is 12.4 Å². The maximum atomic E-state index is 13.1. The minimum absolute atomic E-state index is 0.406. The van der Waals surface area contributed by atoms with Crippen LogP contribution in [0.1, 0.15) is 11.4 Å². The molecule has 0 radical (unpaired) electrons. The summed E-state index contributed by atoms with van der Waals surface area (Å²) in [6.45, 7) is 1.05. The van der Waals surface area contributed by atoms with Crippen LogP contribution in [0.3, 0.4) is 0 Å². The predicted molar refractivity (Wildman–Crippen MR) is 59.3 cm³/mol. The highest BCUT2D eigenvalue weighted by Crippen LogP contribution is 2.18. The molecule has 1 amide bonds. The van der Waals surface area contributed by atoms with Gasteiger partial charge in [-0.3, -0.25) is 4.79 Å². The van der Waals surface area contributed by atoms with Crippen molar-refractivity contribution in [3.05, 3.63) is 35.5 Å². The smallest absolute Gasteiger partial charge is 0.214 e. The largest absolute Gasteiger partial charge is 0.339 e. The third-order valence-corrected chi connectivity index (χ3v) is 2.90. The topological polar surface area (TPSA) is 63.9 Å².